The number of rotatable bonds is 2. The average molecular weight is 367 g/mol. The van der Waals surface area contributed by atoms with Gasteiger partial charge in [0.05, 0.1) is 9.26 Å². The summed E-state index contributed by atoms with van der Waals surface area (Å²) in [6.45, 7) is 4.92. The first-order valence-corrected chi connectivity index (χ1v) is 7.39. The van der Waals surface area contributed by atoms with E-state index >= 15 is 0 Å². The molecule has 0 amide bonds. The molecule has 0 radical (unpaired) electrons. The Morgan fingerprint density at radius 1 is 1.41 bits per heavy atom. The van der Waals surface area contributed by atoms with Crippen LogP contribution in [0.25, 0.3) is 0 Å². The Hall–Kier alpha value is 0.0600. The summed E-state index contributed by atoms with van der Waals surface area (Å²) in [5, 5.41) is 0.544. The molecule has 0 bridgehead atoms. The van der Waals surface area contributed by atoms with E-state index in [-0.39, 0.29) is 5.60 Å². The number of aryl methyl sites for hydroxylation is 1. The molecule has 1 aromatic heterocycles. The van der Waals surface area contributed by atoms with Crippen LogP contribution in [0.5, 0.6) is 0 Å². The summed E-state index contributed by atoms with van der Waals surface area (Å²) in [7, 11) is 0. The molecule has 3 nitrogen and oxygen atoms in total. The van der Waals surface area contributed by atoms with E-state index in [0.717, 1.165) is 47.4 Å². The molecule has 1 aliphatic heterocycles. The van der Waals surface area contributed by atoms with E-state index in [2.05, 4.69) is 46.4 Å². The first-order valence-electron chi connectivity index (χ1n) is 5.93. The van der Waals surface area contributed by atoms with Gasteiger partial charge in [0.1, 0.15) is 10.8 Å². The van der Waals surface area contributed by atoms with E-state index in [9.17, 15) is 0 Å². The summed E-state index contributed by atoms with van der Waals surface area (Å²) in [4.78, 5) is 9.02. The van der Waals surface area contributed by atoms with E-state index in [4.69, 9.17) is 16.3 Å². The van der Waals surface area contributed by atoms with Crippen molar-refractivity contribution in [2.45, 2.75) is 45.1 Å². The molecule has 1 fully saturated rings. The quantitative estimate of drug-likeness (QED) is 0.591. The Kier molecular flexibility index (Phi) is 4.26. The molecular weight excluding hydrogens is 351 g/mol. The van der Waals surface area contributed by atoms with Crippen LogP contribution in [-0.4, -0.2) is 16.6 Å². The van der Waals surface area contributed by atoms with Crippen molar-refractivity contribution in [2.24, 2.45) is 0 Å². The van der Waals surface area contributed by atoms with E-state index in [0.29, 0.717) is 5.15 Å². The highest BCUT2D eigenvalue weighted by Crippen LogP contribution is 2.34. The Bertz CT molecular complexity index is 419. The maximum Gasteiger partial charge on any atom is 0.161 e. The number of nitrogens with zero attached hydrogens (tertiary/aromatic N) is 2. The summed E-state index contributed by atoms with van der Waals surface area (Å²) in [5.74, 6) is 0.736. The lowest BCUT2D eigenvalue weighted by Crippen LogP contribution is -2.32. The van der Waals surface area contributed by atoms with Crippen LogP contribution < -0.4 is 0 Å². The molecule has 1 atom stereocenters. The maximum atomic E-state index is 6.16. The number of hydrogen-bond acceptors (Lipinski definition) is 3. The van der Waals surface area contributed by atoms with Gasteiger partial charge in [-0.15, -0.1) is 0 Å². The third-order valence-electron chi connectivity index (χ3n) is 3.16. The lowest BCUT2D eigenvalue weighted by Gasteiger charge is -2.32. The van der Waals surface area contributed by atoms with Crippen LogP contribution >= 0.6 is 34.2 Å². The Labute approximate surface area is 120 Å². The van der Waals surface area contributed by atoms with E-state index in [1.165, 1.54) is 0 Å². The van der Waals surface area contributed by atoms with Gasteiger partial charge in [-0.2, -0.15) is 0 Å². The van der Waals surface area contributed by atoms with Crippen molar-refractivity contribution in [1.82, 2.24) is 9.97 Å². The van der Waals surface area contributed by atoms with Gasteiger partial charge in [0.15, 0.2) is 5.82 Å². The van der Waals surface area contributed by atoms with Crippen molar-refractivity contribution in [2.75, 3.05) is 6.61 Å². The number of hydrogen-bond donors (Lipinski definition) is 0. The normalized spacial score (nSPS) is 24.9. The molecule has 5 heteroatoms. The Morgan fingerprint density at radius 3 is 2.76 bits per heavy atom. The van der Waals surface area contributed by atoms with Crippen LogP contribution in [-0.2, 0) is 16.8 Å². The van der Waals surface area contributed by atoms with Crippen LogP contribution in [0, 0.1) is 3.57 Å². The molecule has 0 aliphatic carbocycles. The highest BCUT2D eigenvalue weighted by molar-refractivity contribution is 14.1. The van der Waals surface area contributed by atoms with Gasteiger partial charge >= 0.3 is 0 Å². The smallest absolute Gasteiger partial charge is 0.161 e. The third kappa shape index (κ3) is 2.74. The molecular formula is C12H16ClIN2O. The van der Waals surface area contributed by atoms with Crippen LogP contribution in [0.15, 0.2) is 0 Å². The highest BCUT2D eigenvalue weighted by atomic mass is 127. The maximum absolute atomic E-state index is 6.16. The van der Waals surface area contributed by atoms with Crippen molar-refractivity contribution in [3.8, 4) is 0 Å². The fourth-order valence-corrected chi connectivity index (χ4v) is 2.86. The average Bonchev–Trinajstić information content (AvgIpc) is 2.33. The molecule has 0 N–H and O–H groups in total. The first kappa shape index (κ1) is 13.5. The minimum absolute atomic E-state index is 0.365. The molecule has 0 spiro atoms. The topological polar surface area (TPSA) is 35.0 Å². The third-order valence-corrected chi connectivity index (χ3v) is 4.88. The Morgan fingerprint density at radius 2 is 2.18 bits per heavy atom. The van der Waals surface area contributed by atoms with Gasteiger partial charge in [0.25, 0.3) is 0 Å². The molecule has 2 heterocycles. The SMILES string of the molecule is CCc1nc(C2(C)CCCCO2)nc(Cl)c1I. The zero-order chi connectivity index (χ0) is 12.5. The first-order chi connectivity index (χ1) is 8.07. The van der Waals surface area contributed by atoms with Gasteiger partial charge in [-0.3, -0.25) is 0 Å². The number of halogens is 2. The van der Waals surface area contributed by atoms with Crippen molar-refractivity contribution >= 4 is 34.2 Å². The van der Waals surface area contributed by atoms with Crippen LogP contribution in [0.3, 0.4) is 0 Å². The molecule has 2 rings (SSSR count). The summed E-state index contributed by atoms with van der Waals surface area (Å²) in [6, 6.07) is 0. The predicted octanol–water partition coefficient (Wildman–Crippen LogP) is 3.71. The van der Waals surface area contributed by atoms with Crippen molar-refractivity contribution < 1.29 is 4.74 Å². The van der Waals surface area contributed by atoms with Gasteiger partial charge in [0.2, 0.25) is 0 Å². The second-order valence-corrected chi connectivity index (χ2v) is 5.93. The minimum atomic E-state index is -0.365. The lowest BCUT2D eigenvalue weighted by atomic mass is 9.95. The standard InChI is InChI=1S/C12H16ClIN2O/c1-3-8-9(14)10(13)16-11(15-8)12(2)6-4-5-7-17-12/h3-7H2,1-2H3. The fourth-order valence-electron chi connectivity index (χ4n) is 2.04. The van der Waals surface area contributed by atoms with E-state index in [1.807, 2.05) is 0 Å². The van der Waals surface area contributed by atoms with Crippen molar-refractivity contribution in [3.05, 3.63) is 20.2 Å². The molecule has 1 aromatic rings. The highest BCUT2D eigenvalue weighted by Gasteiger charge is 2.33. The van der Waals surface area contributed by atoms with Crippen molar-refractivity contribution in [1.29, 1.82) is 0 Å². The predicted molar refractivity (Wildman–Crippen MR) is 76.3 cm³/mol. The van der Waals surface area contributed by atoms with Crippen molar-refractivity contribution in [3.63, 3.8) is 0 Å². The molecule has 1 aliphatic rings. The zero-order valence-electron chi connectivity index (χ0n) is 10.1. The van der Waals surface area contributed by atoms with Gasteiger partial charge in [-0.25, -0.2) is 9.97 Å². The van der Waals surface area contributed by atoms with Gasteiger partial charge < -0.3 is 4.74 Å². The summed E-state index contributed by atoms with van der Waals surface area (Å²) in [5.41, 5.74) is 0.645. The lowest BCUT2D eigenvalue weighted by molar-refractivity contribution is -0.0761. The fraction of sp³-hybridized carbons (Fsp3) is 0.667. The molecule has 1 unspecified atom stereocenters. The van der Waals surface area contributed by atoms with Gasteiger partial charge in [0, 0.05) is 6.61 Å². The molecule has 0 aromatic carbocycles. The minimum Gasteiger partial charge on any atom is -0.367 e. The summed E-state index contributed by atoms with van der Waals surface area (Å²) in [6.07, 6.45) is 4.11. The monoisotopic (exact) mass is 366 g/mol. The second-order valence-electron chi connectivity index (χ2n) is 4.49. The molecule has 0 saturated carbocycles. The van der Waals surface area contributed by atoms with Crippen LogP contribution in [0.2, 0.25) is 5.15 Å². The molecule has 94 valence electrons. The van der Waals surface area contributed by atoms with E-state index in [1.54, 1.807) is 0 Å². The Balaban J connectivity index is 2.41. The van der Waals surface area contributed by atoms with Crippen LogP contribution in [0.4, 0.5) is 0 Å². The van der Waals surface area contributed by atoms with Gasteiger partial charge in [-0.05, 0) is 55.2 Å². The molecule has 17 heavy (non-hydrogen) atoms. The number of aromatic nitrogens is 2. The second kappa shape index (κ2) is 5.36. The van der Waals surface area contributed by atoms with Gasteiger partial charge in [-0.1, -0.05) is 18.5 Å². The largest absolute Gasteiger partial charge is 0.367 e. The van der Waals surface area contributed by atoms with E-state index < -0.39 is 0 Å². The number of ether oxygens (including phenoxy) is 1. The zero-order valence-corrected chi connectivity index (χ0v) is 13.0. The summed E-state index contributed by atoms with van der Waals surface area (Å²) >= 11 is 8.36. The van der Waals surface area contributed by atoms with Crippen LogP contribution in [0.1, 0.15) is 44.6 Å². The molecule has 1 saturated heterocycles. The summed E-state index contributed by atoms with van der Waals surface area (Å²) < 4.78 is 6.81.